The molecule has 36 heavy (non-hydrogen) atoms. The van der Waals surface area contributed by atoms with Crippen LogP contribution in [0.25, 0.3) is 11.3 Å². The number of fused-ring (bicyclic) bond motifs is 1. The van der Waals surface area contributed by atoms with Gasteiger partial charge in [0, 0.05) is 22.9 Å². The van der Waals surface area contributed by atoms with Crippen LogP contribution in [-0.4, -0.2) is 19.1 Å². The number of hydrogen-bond donors (Lipinski definition) is 3. The van der Waals surface area contributed by atoms with E-state index >= 15 is 0 Å². The van der Waals surface area contributed by atoms with E-state index in [1.165, 1.54) is 0 Å². The topological polar surface area (TPSA) is 85.6 Å². The van der Waals surface area contributed by atoms with Crippen LogP contribution in [-0.2, 0) is 10.3 Å². The smallest absolute Gasteiger partial charge is 0.258 e. The number of benzene rings is 3. The molecule has 0 aromatic heterocycles. The lowest BCUT2D eigenvalue weighted by atomic mass is 9.86. The first-order valence-corrected chi connectivity index (χ1v) is 12.7. The monoisotopic (exact) mass is 485 g/mol. The van der Waals surface area contributed by atoms with Crippen LogP contribution in [0.4, 0.5) is 11.4 Å². The van der Waals surface area contributed by atoms with Crippen LogP contribution in [0, 0.1) is 0 Å². The molecule has 0 unspecified atom stereocenters. The van der Waals surface area contributed by atoms with E-state index in [9.17, 15) is 4.79 Å². The molecule has 0 aliphatic carbocycles. The maximum atomic E-state index is 13.3. The van der Waals surface area contributed by atoms with E-state index in [-0.39, 0.29) is 11.4 Å². The number of ether oxygens (including phenoxy) is 2. The molecule has 4 N–H and O–H groups in total. The average Bonchev–Trinajstić information content (AvgIpc) is 3.22. The molecule has 3 aromatic rings. The van der Waals surface area contributed by atoms with Gasteiger partial charge in [-0.05, 0) is 56.0 Å². The Labute approximate surface area is 213 Å². The number of amides is 1. The molecule has 0 radical (unpaired) electrons. The minimum absolute atomic E-state index is 0.179. The lowest BCUT2D eigenvalue weighted by Crippen LogP contribution is -2.34. The Bertz CT molecular complexity index is 1250. The maximum absolute atomic E-state index is 13.3. The third-order valence-electron chi connectivity index (χ3n) is 6.73. The molecule has 3 aromatic carbocycles. The molecule has 0 fully saturated rings. The molecule has 0 bridgehead atoms. The summed E-state index contributed by atoms with van der Waals surface area (Å²) in [5.41, 5.74) is 11.9. The fraction of sp³-hybridized carbons (Fsp3) is 0.300. The van der Waals surface area contributed by atoms with Gasteiger partial charge in [-0.1, -0.05) is 56.3 Å². The second kappa shape index (κ2) is 10.9. The molecule has 6 nitrogen and oxygen atoms in total. The summed E-state index contributed by atoms with van der Waals surface area (Å²) >= 11 is 0. The highest BCUT2D eigenvalue weighted by Crippen LogP contribution is 2.43. The van der Waals surface area contributed by atoms with Gasteiger partial charge >= 0.3 is 0 Å². The number of anilines is 2. The zero-order valence-corrected chi connectivity index (χ0v) is 21.5. The minimum atomic E-state index is -0.350. The molecule has 1 heterocycles. The van der Waals surface area contributed by atoms with E-state index < -0.39 is 0 Å². The quantitative estimate of drug-likeness (QED) is 0.290. The van der Waals surface area contributed by atoms with E-state index in [0.717, 1.165) is 40.9 Å². The number of rotatable bonds is 10. The van der Waals surface area contributed by atoms with Gasteiger partial charge in [0.1, 0.15) is 0 Å². The Kier molecular flexibility index (Phi) is 7.65. The highest BCUT2D eigenvalue weighted by molar-refractivity contribution is 6.37. The Morgan fingerprint density at radius 1 is 0.889 bits per heavy atom. The number of nitrogens with two attached hydrogens (primary N) is 1. The number of hydrogen-bond acceptors (Lipinski definition) is 5. The van der Waals surface area contributed by atoms with Gasteiger partial charge in [-0.25, -0.2) is 0 Å². The molecule has 1 aliphatic heterocycles. The molecule has 0 atom stereocenters. The lowest BCUT2D eigenvalue weighted by Gasteiger charge is -2.27. The van der Waals surface area contributed by atoms with Crippen molar-refractivity contribution in [1.29, 1.82) is 0 Å². The standard InChI is InChI=1S/C30H35N3O3/c1-5-30(31,6-2)21-14-16-22(17-15-21)32-28(20-12-10-9-11-13-20)27-23-18-25(35-7-3)26(36-8-4)19-24(23)33-29(27)34/h9-19,32H,5-8,31H2,1-4H3,(H,33,34)/b28-27-. The summed E-state index contributed by atoms with van der Waals surface area (Å²) in [6.07, 6.45) is 1.72. The number of carbonyl (C=O) groups is 1. The van der Waals surface area contributed by atoms with Crippen molar-refractivity contribution < 1.29 is 14.3 Å². The van der Waals surface area contributed by atoms with Gasteiger partial charge in [0.15, 0.2) is 11.5 Å². The zero-order chi connectivity index (χ0) is 25.7. The van der Waals surface area contributed by atoms with E-state index in [0.29, 0.717) is 36.0 Å². The summed E-state index contributed by atoms with van der Waals surface area (Å²) < 4.78 is 11.6. The molecule has 6 heteroatoms. The van der Waals surface area contributed by atoms with Crippen LogP contribution in [0.2, 0.25) is 0 Å². The molecule has 1 amide bonds. The summed E-state index contributed by atoms with van der Waals surface area (Å²) in [6, 6.07) is 21.7. The normalized spacial score (nSPS) is 14.2. The van der Waals surface area contributed by atoms with E-state index in [2.05, 4.69) is 36.6 Å². The first-order chi connectivity index (χ1) is 17.4. The van der Waals surface area contributed by atoms with Crippen molar-refractivity contribution in [3.63, 3.8) is 0 Å². The Hall–Kier alpha value is -3.77. The second-order valence-electron chi connectivity index (χ2n) is 8.85. The van der Waals surface area contributed by atoms with Crippen molar-refractivity contribution in [3.8, 4) is 11.5 Å². The average molecular weight is 486 g/mol. The van der Waals surface area contributed by atoms with Crippen molar-refractivity contribution in [2.75, 3.05) is 23.8 Å². The van der Waals surface area contributed by atoms with Crippen LogP contribution >= 0.6 is 0 Å². The Balaban J connectivity index is 1.82. The van der Waals surface area contributed by atoms with Gasteiger partial charge < -0.3 is 25.8 Å². The maximum Gasteiger partial charge on any atom is 0.258 e. The SMILES string of the molecule is CCOc1cc2c(cc1OCC)/C(=C(/Nc1ccc(C(N)(CC)CC)cc1)c1ccccc1)C(=O)N2. The minimum Gasteiger partial charge on any atom is -0.490 e. The van der Waals surface area contributed by atoms with Crippen molar-refractivity contribution in [1.82, 2.24) is 0 Å². The third-order valence-corrected chi connectivity index (χ3v) is 6.73. The van der Waals surface area contributed by atoms with Crippen LogP contribution in [0.15, 0.2) is 66.7 Å². The predicted molar refractivity (Wildman–Crippen MR) is 147 cm³/mol. The van der Waals surface area contributed by atoms with Gasteiger partial charge in [0.2, 0.25) is 0 Å². The van der Waals surface area contributed by atoms with Crippen molar-refractivity contribution in [2.45, 2.75) is 46.1 Å². The number of nitrogens with one attached hydrogen (secondary N) is 2. The van der Waals surface area contributed by atoms with Gasteiger partial charge in [-0.3, -0.25) is 4.79 Å². The summed E-state index contributed by atoms with van der Waals surface area (Å²) in [5.74, 6) is 1.05. The van der Waals surface area contributed by atoms with Crippen molar-refractivity contribution in [3.05, 3.63) is 83.4 Å². The summed E-state index contributed by atoms with van der Waals surface area (Å²) in [5, 5.41) is 6.53. The molecule has 1 aliphatic rings. The fourth-order valence-electron chi connectivity index (χ4n) is 4.53. The summed E-state index contributed by atoms with van der Waals surface area (Å²) in [6.45, 7) is 9.06. The molecular weight excluding hydrogens is 450 g/mol. The largest absolute Gasteiger partial charge is 0.490 e. The van der Waals surface area contributed by atoms with Gasteiger partial charge in [-0.2, -0.15) is 0 Å². The fourth-order valence-corrected chi connectivity index (χ4v) is 4.53. The predicted octanol–water partition coefficient (Wildman–Crippen LogP) is 6.39. The second-order valence-corrected chi connectivity index (χ2v) is 8.85. The first-order valence-electron chi connectivity index (χ1n) is 12.7. The Morgan fingerprint density at radius 3 is 2.08 bits per heavy atom. The first kappa shape index (κ1) is 25.3. The molecule has 0 spiro atoms. The molecule has 0 saturated carbocycles. The zero-order valence-electron chi connectivity index (χ0n) is 21.5. The molecule has 0 saturated heterocycles. The molecular formula is C30H35N3O3. The van der Waals surface area contributed by atoms with Crippen LogP contribution in [0.5, 0.6) is 11.5 Å². The highest BCUT2D eigenvalue weighted by Gasteiger charge is 2.31. The van der Waals surface area contributed by atoms with Crippen molar-refractivity contribution >= 4 is 28.6 Å². The van der Waals surface area contributed by atoms with Crippen LogP contribution in [0.3, 0.4) is 0 Å². The summed E-state index contributed by atoms with van der Waals surface area (Å²) in [4.78, 5) is 13.3. The Morgan fingerprint density at radius 2 is 1.50 bits per heavy atom. The third kappa shape index (κ3) is 4.95. The van der Waals surface area contributed by atoms with Gasteiger partial charge in [0.05, 0.1) is 30.2 Å². The molecule has 188 valence electrons. The van der Waals surface area contributed by atoms with Gasteiger partial charge in [0.25, 0.3) is 5.91 Å². The lowest BCUT2D eigenvalue weighted by molar-refractivity contribution is -0.110. The number of carbonyl (C=O) groups excluding carboxylic acids is 1. The van der Waals surface area contributed by atoms with Crippen LogP contribution < -0.4 is 25.8 Å². The van der Waals surface area contributed by atoms with Crippen LogP contribution in [0.1, 0.15) is 57.2 Å². The molecule has 4 rings (SSSR count). The van der Waals surface area contributed by atoms with E-state index in [1.807, 2.05) is 68.4 Å². The van der Waals surface area contributed by atoms with Crippen molar-refractivity contribution in [2.24, 2.45) is 5.73 Å². The van der Waals surface area contributed by atoms with E-state index in [1.54, 1.807) is 0 Å². The van der Waals surface area contributed by atoms with E-state index in [4.69, 9.17) is 15.2 Å². The van der Waals surface area contributed by atoms with Gasteiger partial charge in [-0.15, -0.1) is 0 Å². The highest BCUT2D eigenvalue weighted by atomic mass is 16.5. The summed E-state index contributed by atoms with van der Waals surface area (Å²) in [7, 11) is 0.